The Bertz CT molecular complexity index is 435. The fourth-order valence-corrected chi connectivity index (χ4v) is 0.974. The van der Waals surface area contributed by atoms with E-state index in [0.29, 0.717) is 0 Å². The summed E-state index contributed by atoms with van der Waals surface area (Å²) in [5.41, 5.74) is -0.356. The van der Waals surface area contributed by atoms with Crippen LogP contribution in [0.4, 0.5) is 5.69 Å². The van der Waals surface area contributed by atoms with Crippen molar-refractivity contribution in [2.75, 3.05) is 5.32 Å². The van der Waals surface area contributed by atoms with Crippen molar-refractivity contribution >= 4 is 23.5 Å². The van der Waals surface area contributed by atoms with Crippen molar-refractivity contribution in [2.45, 2.75) is 13.8 Å². The van der Waals surface area contributed by atoms with Gasteiger partial charge in [-0.2, -0.15) is 5.10 Å². The van der Waals surface area contributed by atoms with Crippen LogP contribution >= 0.6 is 0 Å². The molecule has 1 aromatic heterocycles. The zero-order valence-corrected chi connectivity index (χ0v) is 8.14. The average molecular weight is 211 g/mol. The lowest BCUT2D eigenvalue weighted by Crippen LogP contribution is -2.09. The highest BCUT2D eigenvalue weighted by atomic mass is 16.4. The molecule has 0 aliphatic rings. The van der Waals surface area contributed by atoms with Crippen LogP contribution < -0.4 is 5.32 Å². The van der Waals surface area contributed by atoms with Crippen LogP contribution in [-0.2, 0) is 4.79 Å². The fraction of sp³-hybridized carbons (Fsp3) is 0.250. The monoisotopic (exact) mass is 211 g/mol. The van der Waals surface area contributed by atoms with Crippen molar-refractivity contribution in [3.8, 4) is 0 Å². The smallest absolute Gasteiger partial charge is 0.358 e. The fourth-order valence-electron chi connectivity index (χ4n) is 0.974. The van der Waals surface area contributed by atoms with E-state index in [9.17, 15) is 14.4 Å². The van der Waals surface area contributed by atoms with Crippen molar-refractivity contribution in [1.82, 2.24) is 9.78 Å². The summed E-state index contributed by atoms with van der Waals surface area (Å²) < 4.78 is 0.856. The number of hydrogen-bond donors (Lipinski definition) is 2. The van der Waals surface area contributed by atoms with Gasteiger partial charge in [0.25, 0.3) is 0 Å². The van der Waals surface area contributed by atoms with E-state index in [1.165, 1.54) is 13.8 Å². The molecule has 0 radical (unpaired) electrons. The third kappa shape index (κ3) is 2.39. The Morgan fingerprint density at radius 3 is 2.40 bits per heavy atom. The third-order valence-corrected chi connectivity index (χ3v) is 1.55. The predicted molar refractivity (Wildman–Crippen MR) is 49.8 cm³/mol. The van der Waals surface area contributed by atoms with E-state index in [1.807, 2.05) is 0 Å². The number of amides is 1. The summed E-state index contributed by atoms with van der Waals surface area (Å²) in [5.74, 6) is -2.17. The molecule has 1 aromatic rings. The molecule has 0 aromatic carbocycles. The molecule has 2 N–H and O–H groups in total. The predicted octanol–water partition coefficient (Wildman–Crippen LogP) is 0.200. The molecule has 0 unspecified atom stereocenters. The molecule has 0 saturated carbocycles. The van der Waals surface area contributed by atoms with Crippen LogP contribution in [0.2, 0.25) is 0 Å². The maximum Gasteiger partial charge on any atom is 0.358 e. The zero-order valence-electron chi connectivity index (χ0n) is 8.14. The molecule has 7 nitrogen and oxygen atoms in total. The van der Waals surface area contributed by atoms with E-state index < -0.39 is 17.8 Å². The summed E-state index contributed by atoms with van der Waals surface area (Å²) in [6.07, 6.45) is 1.16. The van der Waals surface area contributed by atoms with Gasteiger partial charge in [0.15, 0.2) is 5.69 Å². The van der Waals surface area contributed by atoms with Crippen LogP contribution in [0, 0.1) is 0 Å². The molecule has 0 bridgehead atoms. The number of hydrogen-bond acceptors (Lipinski definition) is 4. The number of carboxylic acids is 1. The number of carbonyl (C=O) groups excluding carboxylic acids is 2. The molecule has 0 spiro atoms. The molecule has 80 valence electrons. The Labute approximate surface area is 84.7 Å². The quantitative estimate of drug-likeness (QED) is 0.727. The number of aromatic carboxylic acids is 1. The van der Waals surface area contributed by atoms with Crippen molar-refractivity contribution in [3.63, 3.8) is 0 Å². The van der Waals surface area contributed by atoms with E-state index in [-0.39, 0.29) is 11.4 Å². The minimum atomic E-state index is -1.31. The maximum absolute atomic E-state index is 10.9. The number of nitrogens with zero attached hydrogens (tertiary/aromatic N) is 2. The Kier molecular flexibility index (Phi) is 2.84. The van der Waals surface area contributed by atoms with Crippen LogP contribution in [0.3, 0.4) is 0 Å². The number of aromatic nitrogens is 2. The van der Waals surface area contributed by atoms with Gasteiger partial charge in [-0.1, -0.05) is 0 Å². The second-order valence-electron chi connectivity index (χ2n) is 2.84. The number of carbonyl (C=O) groups is 3. The third-order valence-electron chi connectivity index (χ3n) is 1.55. The van der Waals surface area contributed by atoms with E-state index in [1.54, 1.807) is 0 Å². The first-order valence-corrected chi connectivity index (χ1v) is 4.03. The minimum Gasteiger partial charge on any atom is -0.476 e. The van der Waals surface area contributed by atoms with Gasteiger partial charge in [-0.25, -0.2) is 9.48 Å². The maximum atomic E-state index is 10.9. The first-order chi connectivity index (χ1) is 6.91. The Morgan fingerprint density at radius 1 is 1.40 bits per heavy atom. The van der Waals surface area contributed by atoms with Crippen LogP contribution in [0.1, 0.15) is 29.1 Å². The highest BCUT2D eigenvalue weighted by Gasteiger charge is 2.17. The van der Waals surface area contributed by atoms with Gasteiger partial charge in [-0.15, -0.1) is 0 Å². The van der Waals surface area contributed by atoms with Gasteiger partial charge in [0, 0.05) is 13.8 Å². The lowest BCUT2D eigenvalue weighted by Gasteiger charge is -1.96. The molecule has 15 heavy (non-hydrogen) atoms. The van der Waals surface area contributed by atoms with Crippen LogP contribution in [0.25, 0.3) is 0 Å². The van der Waals surface area contributed by atoms with E-state index >= 15 is 0 Å². The van der Waals surface area contributed by atoms with Gasteiger partial charge in [0.2, 0.25) is 11.8 Å². The van der Waals surface area contributed by atoms with Crippen molar-refractivity contribution in [3.05, 3.63) is 11.9 Å². The largest absolute Gasteiger partial charge is 0.476 e. The average Bonchev–Trinajstić information content (AvgIpc) is 2.46. The molecule has 1 amide bonds. The van der Waals surface area contributed by atoms with Crippen molar-refractivity contribution < 1.29 is 19.5 Å². The molecule has 0 atom stereocenters. The van der Waals surface area contributed by atoms with Crippen LogP contribution in [-0.4, -0.2) is 32.7 Å². The molecular formula is C8H9N3O4. The number of nitrogens with one attached hydrogen (secondary N) is 1. The lowest BCUT2D eigenvalue weighted by molar-refractivity contribution is -0.114. The highest BCUT2D eigenvalue weighted by molar-refractivity contribution is 5.99. The molecule has 1 heterocycles. The van der Waals surface area contributed by atoms with Crippen molar-refractivity contribution in [2.24, 2.45) is 0 Å². The van der Waals surface area contributed by atoms with Crippen molar-refractivity contribution in [1.29, 1.82) is 0 Å². The topological polar surface area (TPSA) is 101 Å². The molecule has 1 rings (SSSR count). The molecule has 0 aliphatic carbocycles. The summed E-state index contributed by atoms with van der Waals surface area (Å²) >= 11 is 0. The first kappa shape index (κ1) is 10.9. The number of rotatable bonds is 2. The standard InChI is InChI=1S/C8H9N3O4/c1-4(12)9-6-3-11(5(2)13)10-7(6)8(14)15/h3H,1-2H3,(H,9,12)(H,14,15). The van der Waals surface area contributed by atoms with Crippen LogP contribution in [0.15, 0.2) is 6.20 Å². The normalized spacial score (nSPS) is 9.73. The van der Waals surface area contributed by atoms with E-state index in [0.717, 1.165) is 10.9 Å². The number of carboxylic acid groups (broad SMARTS) is 1. The minimum absolute atomic E-state index is 0.00481. The molecule has 0 saturated heterocycles. The summed E-state index contributed by atoms with van der Waals surface area (Å²) in [7, 11) is 0. The molecular weight excluding hydrogens is 202 g/mol. The Morgan fingerprint density at radius 2 is 2.00 bits per heavy atom. The SMILES string of the molecule is CC(=O)Nc1cn(C(C)=O)nc1C(=O)O. The molecule has 7 heteroatoms. The van der Waals surface area contributed by atoms with Gasteiger partial charge in [-0.05, 0) is 0 Å². The summed E-state index contributed by atoms with van der Waals surface area (Å²) in [6.45, 7) is 2.47. The Balaban J connectivity index is 3.17. The zero-order chi connectivity index (χ0) is 11.6. The summed E-state index contributed by atoms with van der Waals surface area (Å²) in [4.78, 5) is 32.4. The summed E-state index contributed by atoms with van der Waals surface area (Å²) in [5, 5.41) is 14.5. The van der Waals surface area contributed by atoms with Gasteiger partial charge in [-0.3, -0.25) is 9.59 Å². The van der Waals surface area contributed by atoms with Gasteiger partial charge >= 0.3 is 5.97 Å². The summed E-state index contributed by atoms with van der Waals surface area (Å²) in [6, 6.07) is 0. The van der Waals surface area contributed by atoms with E-state index in [4.69, 9.17) is 5.11 Å². The highest BCUT2D eigenvalue weighted by Crippen LogP contribution is 2.13. The lowest BCUT2D eigenvalue weighted by atomic mass is 10.3. The van der Waals surface area contributed by atoms with E-state index in [2.05, 4.69) is 10.4 Å². The van der Waals surface area contributed by atoms with Crippen LogP contribution in [0.5, 0.6) is 0 Å². The van der Waals surface area contributed by atoms with Gasteiger partial charge in [0.05, 0.1) is 11.9 Å². The molecule has 0 aliphatic heterocycles. The second-order valence-corrected chi connectivity index (χ2v) is 2.84. The first-order valence-electron chi connectivity index (χ1n) is 4.03. The van der Waals surface area contributed by atoms with Gasteiger partial charge < -0.3 is 10.4 Å². The number of anilines is 1. The Hall–Kier alpha value is -2.18. The second kappa shape index (κ2) is 3.91. The molecule has 0 fully saturated rings. The van der Waals surface area contributed by atoms with Gasteiger partial charge in [0.1, 0.15) is 0 Å².